The number of nitro groups is 1. The maximum Gasteiger partial charge on any atom is 0.311 e. The van der Waals surface area contributed by atoms with Crippen LogP contribution in [0, 0.1) is 10.1 Å². The molecule has 0 saturated carbocycles. The molecule has 0 radical (unpaired) electrons. The minimum atomic E-state index is -0.434. The van der Waals surface area contributed by atoms with Gasteiger partial charge in [-0.3, -0.25) is 10.1 Å². The van der Waals surface area contributed by atoms with Crippen LogP contribution in [0.5, 0.6) is 0 Å². The molecule has 7 heteroatoms. The van der Waals surface area contributed by atoms with Gasteiger partial charge in [-0.05, 0) is 25.3 Å². The molecule has 2 heterocycles. The Labute approximate surface area is 111 Å². The van der Waals surface area contributed by atoms with Gasteiger partial charge in [0.05, 0.1) is 11.0 Å². The lowest BCUT2D eigenvalue weighted by Gasteiger charge is -2.22. The normalized spacial score (nSPS) is 18.9. The molecular weight excluding hydrogens is 248 g/mol. The van der Waals surface area contributed by atoms with Crippen molar-refractivity contribution in [1.29, 1.82) is 0 Å². The van der Waals surface area contributed by atoms with Crippen molar-refractivity contribution >= 4 is 17.3 Å². The third kappa shape index (κ3) is 3.54. The molecule has 19 heavy (non-hydrogen) atoms. The van der Waals surface area contributed by atoms with Crippen molar-refractivity contribution in [2.24, 2.45) is 0 Å². The van der Waals surface area contributed by atoms with Crippen LogP contribution >= 0.6 is 0 Å². The van der Waals surface area contributed by atoms with Crippen molar-refractivity contribution in [2.45, 2.75) is 25.4 Å². The SMILES string of the molecule is CNc1ccc([N+](=O)[O-])c(NCC2CCCCO2)n1. The molecule has 1 aromatic rings. The Morgan fingerprint density at radius 3 is 3.00 bits per heavy atom. The van der Waals surface area contributed by atoms with Gasteiger partial charge in [-0.1, -0.05) is 0 Å². The van der Waals surface area contributed by atoms with E-state index in [-0.39, 0.29) is 17.6 Å². The van der Waals surface area contributed by atoms with E-state index in [9.17, 15) is 10.1 Å². The van der Waals surface area contributed by atoms with E-state index in [1.165, 1.54) is 6.07 Å². The van der Waals surface area contributed by atoms with Gasteiger partial charge < -0.3 is 15.4 Å². The van der Waals surface area contributed by atoms with Crippen molar-refractivity contribution in [3.8, 4) is 0 Å². The van der Waals surface area contributed by atoms with E-state index in [4.69, 9.17) is 4.74 Å². The number of hydrogen-bond acceptors (Lipinski definition) is 6. The lowest BCUT2D eigenvalue weighted by Crippen LogP contribution is -2.27. The first kappa shape index (κ1) is 13.5. The molecule has 1 unspecified atom stereocenters. The predicted octanol–water partition coefficient (Wildman–Crippen LogP) is 2.01. The van der Waals surface area contributed by atoms with Crippen LogP contribution in [0.3, 0.4) is 0 Å². The monoisotopic (exact) mass is 266 g/mol. The first-order chi connectivity index (χ1) is 9.20. The highest BCUT2D eigenvalue weighted by molar-refractivity contribution is 5.60. The summed E-state index contributed by atoms with van der Waals surface area (Å²) in [7, 11) is 1.72. The lowest BCUT2D eigenvalue weighted by molar-refractivity contribution is -0.384. The number of nitrogens with zero attached hydrogens (tertiary/aromatic N) is 2. The molecule has 1 aliphatic heterocycles. The molecule has 7 nitrogen and oxygen atoms in total. The van der Waals surface area contributed by atoms with Crippen molar-refractivity contribution in [3.05, 3.63) is 22.2 Å². The van der Waals surface area contributed by atoms with Gasteiger partial charge in [0.1, 0.15) is 5.82 Å². The first-order valence-electron chi connectivity index (χ1n) is 6.39. The number of hydrogen-bond donors (Lipinski definition) is 2. The maximum atomic E-state index is 10.9. The molecule has 1 fully saturated rings. The smallest absolute Gasteiger partial charge is 0.311 e. The van der Waals surface area contributed by atoms with E-state index in [0.29, 0.717) is 12.4 Å². The standard InChI is InChI=1S/C12H18N4O3/c1-13-11-6-5-10(16(17)18)12(15-11)14-8-9-4-2-3-7-19-9/h5-6,9H,2-4,7-8H2,1H3,(H2,13,14,15). The van der Waals surface area contributed by atoms with Gasteiger partial charge in [0.15, 0.2) is 0 Å². The number of rotatable bonds is 5. The Kier molecular flexibility index (Phi) is 4.51. The van der Waals surface area contributed by atoms with Crippen LogP contribution in [-0.4, -0.2) is 36.2 Å². The second kappa shape index (κ2) is 6.33. The number of nitrogens with one attached hydrogen (secondary N) is 2. The highest BCUT2D eigenvalue weighted by Crippen LogP contribution is 2.24. The van der Waals surface area contributed by atoms with E-state index in [1.54, 1.807) is 13.1 Å². The first-order valence-corrected chi connectivity index (χ1v) is 6.39. The molecule has 0 amide bonds. The topological polar surface area (TPSA) is 89.3 Å². The number of ether oxygens (including phenoxy) is 1. The molecule has 104 valence electrons. The zero-order valence-corrected chi connectivity index (χ0v) is 10.9. The summed E-state index contributed by atoms with van der Waals surface area (Å²) in [4.78, 5) is 14.7. The summed E-state index contributed by atoms with van der Waals surface area (Å²) in [5.41, 5.74) is -0.0187. The van der Waals surface area contributed by atoms with Gasteiger partial charge in [0.2, 0.25) is 5.82 Å². The van der Waals surface area contributed by atoms with E-state index < -0.39 is 4.92 Å². The summed E-state index contributed by atoms with van der Waals surface area (Å²) >= 11 is 0. The number of anilines is 2. The quantitative estimate of drug-likeness (QED) is 0.626. The number of pyridine rings is 1. The summed E-state index contributed by atoms with van der Waals surface area (Å²) in [5, 5.41) is 16.8. The summed E-state index contributed by atoms with van der Waals surface area (Å²) < 4.78 is 5.58. The molecule has 1 aromatic heterocycles. The van der Waals surface area contributed by atoms with Crippen LogP contribution in [0.15, 0.2) is 12.1 Å². The third-order valence-electron chi connectivity index (χ3n) is 3.10. The van der Waals surface area contributed by atoms with Crippen molar-refractivity contribution in [2.75, 3.05) is 30.8 Å². The minimum absolute atomic E-state index is 0.0187. The molecule has 0 bridgehead atoms. The van der Waals surface area contributed by atoms with Crippen LogP contribution in [0.2, 0.25) is 0 Å². The average Bonchev–Trinajstić information content (AvgIpc) is 2.45. The van der Waals surface area contributed by atoms with Gasteiger partial charge in [0, 0.05) is 26.3 Å². The van der Waals surface area contributed by atoms with Gasteiger partial charge in [-0.15, -0.1) is 0 Å². The molecule has 1 aliphatic rings. The molecule has 0 aromatic carbocycles. The van der Waals surface area contributed by atoms with Crippen molar-refractivity contribution < 1.29 is 9.66 Å². The largest absolute Gasteiger partial charge is 0.376 e. The van der Waals surface area contributed by atoms with Crippen LogP contribution in [-0.2, 0) is 4.74 Å². The second-order valence-corrected chi connectivity index (χ2v) is 4.44. The van der Waals surface area contributed by atoms with E-state index in [0.717, 1.165) is 25.9 Å². The molecule has 1 saturated heterocycles. The zero-order chi connectivity index (χ0) is 13.7. The third-order valence-corrected chi connectivity index (χ3v) is 3.10. The van der Waals surface area contributed by atoms with Gasteiger partial charge in [-0.25, -0.2) is 4.98 Å². The fourth-order valence-electron chi connectivity index (χ4n) is 2.05. The predicted molar refractivity (Wildman–Crippen MR) is 72.5 cm³/mol. The summed E-state index contributed by atoms with van der Waals surface area (Å²) in [5.74, 6) is 0.878. The summed E-state index contributed by atoms with van der Waals surface area (Å²) in [6.07, 6.45) is 3.31. The number of aromatic nitrogens is 1. The van der Waals surface area contributed by atoms with E-state index >= 15 is 0 Å². The highest BCUT2D eigenvalue weighted by atomic mass is 16.6. The van der Waals surface area contributed by atoms with Crippen molar-refractivity contribution in [1.82, 2.24) is 4.98 Å². The summed E-state index contributed by atoms with van der Waals surface area (Å²) in [6, 6.07) is 3.03. The van der Waals surface area contributed by atoms with Gasteiger partial charge in [0.25, 0.3) is 0 Å². The molecular formula is C12H18N4O3. The van der Waals surface area contributed by atoms with E-state index in [1.807, 2.05) is 0 Å². The highest BCUT2D eigenvalue weighted by Gasteiger charge is 2.19. The Balaban J connectivity index is 2.06. The van der Waals surface area contributed by atoms with Gasteiger partial charge in [-0.2, -0.15) is 0 Å². The Bertz CT molecular complexity index is 447. The van der Waals surface area contributed by atoms with Crippen LogP contribution in [0.4, 0.5) is 17.3 Å². The summed E-state index contributed by atoms with van der Waals surface area (Å²) in [6.45, 7) is 1.30. The maximum absolute atomic E-state index is 10.9. The molecule has 2 N–H and O–H groups in total. The fourth-order valence-corrected chi connectivity index (χ4v) is 2.05. The van der Waals surface area contributed by atoms with E-state index in [2.05, 4.69) is 15.6 Å². The molecule has 2 rings (SSSR count). The Morgan fingerprint density at radius 2 is 2.37 bits per heavy atom. The molecule has 0 spiro atoms. The molecule has 1 atom stereocenters. The van der Waals surface area contributed by atoms with Crippen LogP contribution < -0.4 is 10.6 Å². The van der Waals surface area contributed by atoms with Gasteiger partial charge >= 0.3 is 5.69 Å². The Morgan fingerprint density at radius 1 is 1.53 bits per heavy atom. The zero-order valence-electron chi connectivity index (χ0n) is 10.9. The van der Waals surface area contributed by atoms with Crippen molar-refractivity contribution in [3.63, 3.8) is 0 Å². The lowest BCUT2D eigenvalue weighted by atomic mass is 10.1. The van der Waals surface area contributed by atoms with Crippen LogP contribution in [0.1, 0.15) is 19.3 Å². The second-order valence-electron chi connectivity index (χ2n) is 4.44. The minimum Gasteiger partial charge on any atom is -0.376 e. The Hall–Kier alpha value is -1.89. The fraction of sp³-hybridized carbons (Fsp3) is 0.583. The van der Waals surface area contributed by atoms with Crippen LogP contribution in [0.25, 0.3) is 0 Å². The molecule has 0 aliphatic carbocycles. The average molecular weight is 266 g/mol.